The van der Waals surface area contributed by atoms with Gasteiger partial charge >= 0.3 is 0 Å². The van der Waals surface area contributed by atoms with Crippen molar-refractivity contribution in [3.8, 4) is 0 Å². The van der Waals surface area contributed by atoms with E-state index in [9.17, 15) is 9.59 Å². The summed E-state index contributed by atoms with van der Waals surface area (Å²) in [6.45, 7) is 2.41. The van der Waals surface area contributed by atoms with Crippen LogP contribution in [0.4, 0.5) is 0 Å². The summed E-state index contributed by atoms with van der Waals surface area (Å²) in [5.74, 6) is 0.254. The summed E-state index contributed by atoms with van der Waals surface area (Å²) in [6, 6.07) is 1.66. The fourth-order valence-corrected chi connectivity index (χ4v) is 2.90. The summed E-state index contributed by atoms with van der Waals surface area (Å²) >= 11 is 0. The van der Waals surface area contributed by atoms with Gasteiger partial charge in [0, 0.05) is 32.1 Å². The quantitative estimate of drug-likeness (QED) is 0.792. The molecule has 2 aromatic rings. The second-order valence-electron chi connectivity index (χ2n) is 5.85. The molecule has 23 heavy (non-hydrogen) atoms. The molecule has 2 aliphatic rings. The molecule has 120 valence electrons. The fraction of sp³-hybridized carbons (Fsp3) is 0.500. The van der Waals surface area contributed by atoms with Crippen molar-refractivity contribution in [1.29, 1.82) is 0 Å². The third-order valence-electron chi connectivity index (χ3n) is 4.25. The van der Waals surface area contributed by atoms with E-state index >= 15 is 0 Å². The number of amides is 2. The monoisotopic (exact) mass is 316 g/mol. The Bertz CT molecular complexity index is 719. The Morgan fingerprint density at radius 1 is 1.39 bits per heavy atom. The number of likely N-dealkylation sites (tertiary alicyclic amines) is 2. The van der Waals surface area contributed by atoms with Crippen LogP contribution in [-0.4, -0.2) is 61.4 Å². The Labute approximate surface area is 131 Å². The Balaban J connectivity index is 1.34. The summed E-state index contributed by atoms with van der Waals surface area (Å²) in [6.07, 6.45) is 4.84. The topological polar surface area (TPSA) is 97.4 Å². The molecule has 0 aliphatic carbocycles. The Hall–Kier alpha value is -2.71. The number of aromatic nitrogens is 4. The molecule has 4 heterocycles. The van der Waals surface area contributed by atoms with E-state index in [0.29, 0.717) is 26.1 Å². The fourth-order valence-electron chi connectivity index (χ4n) is 2.90. The summed E-state index contributed by atoms with van der Waals surface area (Å²) in [5, 5.41) is 11.8. The molecule has 0 spiro atoms. The highest BCUT2D eigenvalue weighted by Gasteiger charge is 2.34. The number of carbonyl (C=O) groups excluding carboxylic acids is 2. The van der Waals surface area contributed by atoms with Crippen molar-refractivity contribution in [2.75, 3.05) is 19.6 Å². The molecule has 9 nitrogen and oxygen atoms in total. The van der Waals surface area contributed by atoms with Gasteiger partial charge in [-0.15, -0.1) is 5.10 Å². The third-order valence-corrected chi connectivity index (χ3v) is 4.25. The van der Waals surface area contributed by atoms with Crippen molar-refractivity contribution in [3.05, 3.63) is 29.9 Å². The van der Waals surface area contributed by atoms with Crippen molar-refractivity contribution >= 4 is 11.8 Å². The molecule has 0 atom stereocenters. The van der Waals surface area contributed by atoms with Crippen LogP contribution in [0.5, 0.6) is 0 Å². The van der Waals surface area contributed by atoms with Crippen LogP contribution in [0.15, 0.2) is 23.0 Å². The van der Waals surface area contributed by atoms with Crippen LogP contribution in [0, 0.1) is 0 Å². The first-order chi connectivity index (χ1) is 11.2. The van der Waals surface area contributed by atoms with Gasteiger partial charge in [0.05, 0.1) is 25.0 Å². The minimum atomic E-state index is -0.165. The molecule has 2 aromatic heterocycles. The second kappa shape index (κ2) is 5.49. The summed E-state index contributed by atoms with van der Waals surface area (Å²) < 4.78 is 6.63. The zero-order chi connectivity index (χ0) is 15.8. The average molecular weight is 316 g/mol. The third kappa shape index (κ3) is 2.58. The number of nitrogens with zero attached hydrogens (tertiary/aromatic N) is 6. The molecule has 0 bridgehead atoms. The lowest BCUT2D eigenvalue weighted by Gasteiger charge is -2.38. The molecule has 9 heteroatoms. The van der Waals surface area contributed by atoms with Crippen molar-refractivity contribution in [1.82, 2.24) is 30.0 Å². The van der Waals surface area contributed by atoms with E-state index < -0.39 is 0 Å². The van der Waals surface area contributed by atoms with E-state index in [1.54, 1.807) is 20.5 Å². The van der Waals surface area contributed by atoms with Crippen LogP contribution in [0.2, 0.25) is 0 Å². The Morgan fingerprint density at radius 2 is 2.26 bits per heavy atom. The van der Waals surface area contributed by atoms with Gasteiger partial charge in [-0.25, -0.2) is 4.68 Å². The molecule has 2 fully saturated rings. The van der Waals surface area contributed by atoms with Crippen molar-refractivity contribution in [2.24, 2.45) is 0 Å². The van der Waals surface area contributed by atoms with Crippen LogP contribution >= 0.6 is 0 Å². The summed E-state index contributed by atoms with van der Waals surface area (Å²) in [5.41, 5.74) is 0.778. The molecule has 0 N–H and O–H groups in total. The average Bonchev–Trinajstić information content (AvgIpc) is 3.21. The first-order valence-corrected chi connectivity index (χ1v) is 7.59. The number of hydrogen-bond acceptors (Lipinski definition) is 6. The largest absolute Gasteiger partial charge is 0.351 e. The van der Waals surface area contributed by atoms with E-state index in [1.165, 1.54) is 6.20 Å². The smallest absolute Gasteiger partial charge is 0.292 e. The van der Waals surface area contributed by atoms with Crippen molar-refractivity contribution in [3.63, 3.8) is 0 Å². The van der Waals surface area contributed by atoms with Gasteiger partial charge in [-0.05, 0) is 6.42 Å². The zero-order valence-electron chi connectivity index (χ0n) is 12.5. The van der Waals surface area contributed by atoms with Crippen LogP contribution < -0.4 is 0 Å². The van der Waals surface area contributed by atoms with Gasteiger partial charge in [-0.2, -0.15) is 0 Å². The lowest BCUT2D eigenvalue weighted by atomic mass is 10.1. The molecule has 4 rings (SSSR count). The zero-order valence-corrected chi connectivity index (χ0v) is 12.5. The van der Waals surface area contributed by atoms with Gasteiger partial charge in [-0.1, -0.05) is 10.4 Å². The summed E-state index contributed by atoms with van der Waals surface area (Å²) in [4.78, 5) is 27.1. The number of carbonyl (C=O) groups is 2. The maximum Gasteiger partial charge on any atom is 0.292 e. The van der Waals surface area contributed by atoms with Crippen LogP contribution in [0.25, 0.3) is 0 Å². The molecule has 2 aliphatic heterocycles. The minimum Gasteiger partial charge on any atom is -0.351 e. The normalized spacial score (nSPS) is 18.5. The Morgan fingerprint density at radius 3 is 2.96 bits per heavy atom. The predicted molar refractivity (Wildman–Crippen MR) is 76.1 cm³/mol. The maximum atomic E-state index is 12.0. The van der Waals surface area contributed by atoms with Crippen LogP contribution in [0.1, 0.15) is 35.1 Å². The second-order valence-corrected chi connectivity index (χ2v) is 5.85. The first kappa shape index (κ1) is 13.9. The molecular formula is C14H16N6O3. The molecule has 2 amide bonds. The van der Waals surface area contributed by atoms with Crippen LogP contribution in [0.3, 0.4) is 0 Å². The highest BCUT2D eigenvalue weighted by molar-refractivity contribution is 5.91. The highest BCUT2D eigenvalue weighted by Crippen LogP contribution is 2.23. The predicted octanol–water partition coefficient (Wildman–Crippen LogP) is 0.0856. The highest BCUT2D eigenvalue weighted by atomic mass is 16.5. The van der Waals surface area contributed by atoms with Crippen molar-refractivity contribution < 1.29 is 14.1 Å². The van der Waals surface area contributed by atoms with Gasteiger partial charge in [0.25, 0.3) is 5.91 Å². The summed E-state index contributed by atoms with van der Waals surface area (Å²) in [7, 11) is 0. The molecule has 2 saturated heterocycles. The van der Waals surface area contributed by atoms with E-state index in [0.717, 1.165) is 18.7 Å². The first-order valence-electron chi connectivity index (χ1n) is 7.59. The van der Waals surface area contributed by atoms with Gasteiger partial charge in [0.2, 0.25) is 11.7 Å². The van der Waals surface area contributed by atoms with Gasteiger partial charge in [0.1, 0.15) is 5.69 Å². The number of rotatable bonds is 4. The lowest BCUT2D eigenvalue weighted by molar-refractivity contribution is -0.128. The minimum absolute atomic E-state index is 0.109. The lowest BCUT2D eigenvalue weighted by Crippen LogP contribution is -2.50. The molecule has 0 unspecified atom stereocenters. The van der Waals surface area contributed by atoms with E-state index in [1.807, 2.05) is 6.20 Å². The molecule has 0 radical (unpaired) electrons. The van der Waals surface area contributed by atoms with Gasteiger partial charge in [0.15, 0.2) is 0 Å². The molecule has 0 aromatic carbocycles. The van der Waals surface area contributed by atoms with E-state index in [-0.39, 0.29) is 23.6 Å². The molecular weight excluding hydrogens is 300 g/mol. The van der Waals surface area contributed by atoms with Gasteiger partial charge in [-0.3, -0.25) is 9.59 Å². The van der Waals surface area contributed by atoms with E-state index in [4.69, 9.17) is 4.52 Å². The SMILES string of the molecule is O=C1CCCN1Cc1cn(C2CN(C(=O)c3ccno3)C2)nn1. The molecule has 0 saturated carbocycles. The standard InChI is InChI=1S/C14H16N6O3/c21-13-2-1-5-18(13)6-10-7-20(17-16-10)11-8-19(9-11)14(22)12-3-4-15-23-12/h3-4,7,11H,1-2,5-6,8-9H2. The maximum absolute atomic E-state index is 12.0. The van der Waals surface area contributed by atoms with E-state index in [2.05, 4.69) is 15.5 Å². The number of hydrogen-bond donors (Lipinski definition) is 0. The van der Waals surface area contributed by atoms with Crippen LogP contribution in [-0.2, 0) is 11.3 Å². The van der Waals surface area contributed by atoms with Crippen molar-refractivity contribution in [2.45, 2.75) is 25.4 Å². The Kier molecular flexibility index (Phi) is 3.32. The van der Waals surface area contributed by atoms with Gasteiger partial charge < -0.3 is 14.3 Å².